The highest BCUT2D eigenvalue weighted by Crippen LogP contribution is 2.38. The number of hydrogen-bond acceptors (Lipinski definition) is 5. The van der Waals surface area contributed by atoms with Crippen molar-refractivity contribution in [3.05, 3.63) is 77.2 Å². The van der Waals surface area contributed by atoms with Crippen LogP contribution >= 0.6 is 23.4 Å². The second-order valence-electron chi connectivity index (χ2n) is 6.86. The molecule has 2 aromatic carbocycles. The summed E-state index contributed by atoms with van der Waals surface area (Å²) in [5.74, 6) is 0.285. The maximum absolute atomic E-state index is 13.3. The molecule has 0 saturated carbocycles. The highest BCUT2D eigenvalue weighted by Gasteiger charge is 2.34. The molecular weight excluding hydrogens is 477 g/mol. The van der Waals surface area contributed by atoms with Crippen LogP contribution < -0.4 is 5.32 Å². The van der Waals surface area contributed by atoms with Gasteiger partial charge in [0.15, 0.2) is 11.0 Å². The number of aryl methyl sites for hydroxylation is 1. The van der Waals surface area contributed by atoms with E-state index in [2.05, 4.69) is 15.5 Å². The van der Waals surface area contributed by atoms with Gasteiger partial charge in [-0.15, -0.1) is 10.2 Å². The third-order valence-electron chi connectivity index (χ3n) is 4.66. The number of aromatic nitrogens is 3. The number of nitrogens with one attached hydrogen (secondary N) is 1. The second-order valence-corrected chi connectivity index (χ2v) is 8.21. The van der Waals surface area contributed by atoms with Crippen LogP contribution in [0.3, 0.4) is 0 Å². The number of halogens is 4. The molecule has 0 atom stereocenters. The number of anilines is 1. The highest BCUT2D eigenvalue weighted by molar-refractivity contribution is 7.99. The quantitative estimate of drug-likeness (QED) is 0.323. The summed E-state index contributed by atoms with van der Waals surface area (Å²) in [6.07, 6.45) is -3.12. The van der Waals surface area contributed by atoms with Crippen LogP contribution in [0.15, 0.2) is 70.4 Å². The molecular formula is C22H16ClF3N4O2S. The fourth-order valence-corrected chi connectivity index (χ4v) is 4.13. The largest absolute Gasteiger partial charge is 0.469 e. The Bertz CT molecular complexity index is 1290. The van der Waals surface area contributed by atoms with Crippen LogP contribution in [0.25, 0.3) is 17.1 Å². The van der Waals surface area contributed by atoms with Crippen molar-refractivity contribution >= 4 is 35.0 Å². The Labute approximate surface area is 195 Å². The monoisotopic (exact) mass is 492 g/mol. The van der Waals surface area contributed by atoms with E-state index in [0.29, 0.717) is 16.7 Å². The van der Waals surface area contributed by atoms with E-state index < -0.39 is 23.3 Å². The number of furan rings is 1. The Hall–Kier alpha value is -3.24. The number of thioether (sulfide) groups is 1. The summed E-state index contributed by atoms with van der Waals surface area (Å²) in [7, 11) is 0. The summed E-state index contributed by atoms with van der Waals surface area (Å²) in [6.45, 7) is 1.79. The molecule has 0 saturated heterocycles. The van der Waals surface area contributed by atoms with Gasteiger partial charge < -0.3 is 9.73 Å². The van der Waals surface area contributed by atoms with Crippen LogP contribution in [0.5, 0.6) is 0 Å². The van der Waals surface area contributed by atoms with Crippen molar-refractivity contribution in [1.82, 2.24) is 14.8 Å². The molecule has 1 N–H and O–H groups in total. The van der Waals surface area contributed by atoms with Gasteiger partial charge in [-0.1, -0.05) is 47.6 Å². The van der Waals surface area contributed by atoms with Crippen molar-refractivity contribution in [2.45, 2.75) is 18.3 Å². The van der Waals surface area contributed by atoms with Gasteiger partial charge in [-0.3, -0.25) is 9.36 Å². The first-order valence-electron chi connectivity index (χ1n) is 9.59. The van der Waals surface area contributed by atoms with Crippen molar-refractivity contribution in [2.24, 2.45) is 0 Å². The third-order valence-corrected chi connectivity index (χ3v) is 5.91. The maximum atomic E-state index is 13.3. The fourth-order valence-electron chi connectivity index (χ4n) is 3.16. The summed E-state index contributed by atoms with van der Waals surface area (Å²) < 4.78 is 47.0. The molecule has 4 aromatic rings. The molecule has 0 fully saturated rings. The Morgan fingerprint density at radius 1 is 1.12 bits per heavy atom. The molecule has 0 aliphatic carbocycles. The van der Waals surface area contributed by atoms with E-state index in [1.807, 2.05) is 30.3 Å². The van der Waals surface area contributed by atoms with Gasteiger partial charge in [0.05, 0.1) is 33.9 Å². The Balaban J connectivity index is 1.60. The molecule has 4 rings (SSSR count). The molecule has 0 bridgehead atoms. The number of nitrogens with zero attached hydrogens (tertiary/aromatic N) is 3. The first-order chi connectivity index (χ1) is 15.8. The zero-order valence-corrected chi connectivity index (χ0v) is 18.6. The standard InChI is InChI=1S/C22H16ClF3N4O2S/c1-13-15(10-11-32-13)20-28-29-21(30(20)14-6-3-2-4-7-14)33-12-18(31)27-19-16(22(24,25)26)8-5-9-17(19)23/h2-11H,12H2,1H3,(H,27,31). The minimum absolute atomic E-state index is 0.201. The van der Waals surface area contributed by atoms with E-state index in [4.69, 9.17) is 16.0 Å². The SMILES string of the molecule is Cc1occc1-c1nnc(SCC(=O)Nc2c(Cl)cccc2C(F)(F)F)n1-c1ccccc1. The Morgan fingerprint density at radius 3 is 2.55 bits per heavy atom. The van der Waals surface area contributed by atoms with Gasteiger partial charge in [0.1, 0.15) is 5.76 Å². The molecule has 6 nitrogen and oxygen atoms in total. The lowest BCUT2D eigenvalue weighted by atomic mass is 10.1. The normalized spacial score (nSPS) is 11.5. The molecule has 0 unspecified atom stereocenters. The zero-order chi connectivity index (χ0) is 23.6. The number of rotatable bonds is 6. The summed E-state index contributed by atoms with van der Waals surface area (Å²) in [6, 6.07) is 14.3. The summed E-state index contributed by atoms with van der Waals surface area (Å²) in [5.41, 5.74) is -0.00460. The van der Waals surface area contributed by atoms with Crippen molar-refractivity contribution in [3.63, 3.8) is 0 Å². The lowest BCUT2D eigenvalue weighted by Crippen LogP contribution is -2.18. The number of carbonyl (C=O) groups excluding carboxylic acids is 1. The van der Waals surface area contributed by atoms with E-state index in [9.17, 15) is 18.0 Å². The molecule has 1 amide bonds. The average Bonchev–Trinajstić information content (AvgIpc) is 3.39. The topological polar surface area (TPSA) is 72.9 Å². The maximum Gasteiger partial charge on any atom is 0.418 e. The Kier molecular flexibility index (Phi) is 6.48. The van der Waals surface area contributed by atoms with Crippen LogP contribution in [0.2, 0.25) is 5.02 Å². The van der Waals surface area contributed by atoms with Gasteiger partial charge in [0.2, 0.25) is 5.91 Å². The van der Waals surface area contributed by atoms with Crippen LogP contribution in [-0.4, -0.2) is 26.4 Å². The molecule has 0 radical (unpaired) electrons. The molecule has 0 spiro atoms. The van der Waals surface area contributed by atoms with Crippen molar-refractivity contribution in [1.29, 1.82) is 0 Å². The zero-order valence-electron chi connectivity index (χ0n) is 17.1. The molecule has 2 heterocycles. The van der Waals surface area contributed by atoms with Crippen molar-refractivity contribution < 1.29 is 22.4 Å². The van der Waals surface area contributed by atoms with E-state index in [-0.39, 0.29) is 10.8 Å². The van der Waals surface area contributed by atoms with Gasteiger partial charge in [-0.25, -0.2) is 0 Å². The highest BCUT2D eigenvalue weighted by atomic mass is 35.5. The number of benzene rings is 2. The summed E-state index contributed by atoms with van der Waals surface area (Å²) in [4.78, 5) is 12.5. The molecule has 170 valence electrons. The number of hydrogen-bond donors (Lipinski definition) is 1. The van der Waals surface area contributed by atoms with Gasteiger partial charge in [0, 0.05) is 5.69 Å². The molecule has 0 aliphatic rings. The van der Waals surface area contributed by atoms with Crippen LogP contribution in [0, 0.1) is 6.92 Å². The lowest BCUT2D eigenvalue weighted by Gasteiger charge is -2.15. The number of carbonyl (C=O) groups is 1. The first-order valence-corrected chi connectivity index (χ1v) is 11.0. The Morgan fingerprint density at radius 2 is 1.88 bits per heavy atom. The minimum Gasteiger partial charge on any atom is -0.469 e. The summed E-state index contributed by atoms with van der Waals surface area (Å²) in [5, 5.41) is 10.9. The third kappa shape index (κ3) is 4.91. The predicted octanol–water partition coefficient (Wildman–Crippen LogP) is 6.24. The summed E-state index contributed by atoms with van der Waals surface area (Å²) >= 11 is 6.96. The van der Waals surface area contributed by atoms with Crippen LogP contribution in [0.4, 0.5) is 18.9 Å². The second kappa shape index (κ2) is 9.32. The molecule has 11 heteroatoms. The van der Waals surface area contributed by atoms with Crippen LogP contribution in [-0.2, 0) is 11.0 Å². The van der Waals surface area contributed by atoms with E-state index in [0.717, 1.165) is 29.1 Å². The van der Waals surface area contributed by atoms with Gasteiger partial charge in [-0.05, 0) is 37.3 Å². The van der Waals surface area contributed by atoms with Gasteiger partial charge in [0.25, 0.3) is 0 Å². The number of amides is 1. The molecule has 2 aromatic heterocycles. The van der Waals surface area contributed by atoms with Gasteiger partial charge in [-0.2, -0.15) is 13.2 Å². The van der Waals surface area contributed by atoms with E-state index in [1.165, 1.54) is 18.4 Å². The van der Waals surface area contributed by atoms with Crippen LogP contribution in [0.1, 0.15) is 11.3 Å². The molecule has 0 aliphatic heterocycles. The van der Waals surface area contributed by atoms with Crippen molar-refractivity contribution in [2.75, 3.05) is 11.1 Å². The van der Waals surface area contributed by atoms with Crippen molar-refractivity contribution in [3.8, 4) is 17.1 Å². The number of alkyl halides is 3. The first kappa shape index (κ1) is 22.9. The fraction of sp³-hybridized carbons (Fsp3) is 0.136. The minimum atomic E-state index is -4.66. The predicted molar refractivity (Wildman–Crippen MR) is 120 cm³/mol. The average molecular weight is 493 g/mol. The number of para-hydroxylation sites is 2. The molecule has 33 heavy (non-hydrogen) atoms. The van der Waals surface area contributed by atoms with Gasteiger partial charge >= 0.3 is 6.18 Å². The lowest BCUT2D eigenvalue weighted by molar-refractivity contribution is -0.137. The van der Waals surface area contributed by atoms with E-state index in [1.54, 1.807) is 17.6 Å². The van der Waals surface area contributed by atoms with E-state index >= 15 is 0 Å². The smallest absolute Gasteiger partial charge is 0.418 e.